The smallest absolute Gasteiger partial charge is 0.256 e. The van der Waals surface area contributed by atoms with Crippen LogP contribution in [-0.4, -0.2) is 47.9 Å². The molecule has 1 fully saturated rings. The van der Waals surface area contributed by atoms with Gasteiger partial charge in [0, 0.05) is 17.5 Å². The van der Waals surface area contributed by atoms with Crippen LogP contribution in [0.5, 0.6) is 5.75 Å². The predicted molar refractivity (Wildman–Crippen MR) is 113 cm³/mol. The first-order chi connectivity index (χ1) is 15.4. The van der Waals surface area contributed by atoms with Gasteiger partial charge in [-0.3, -0.25) is 25.0 Å². The number of fused-ring (bicyclic) bond motifs is 2. The van der Waals surface area contributed by atoms with Crippen molar-refractivity contribution < 1.29 is 28.6 Å². The zero-order valence-corrected chi connectivity index (χ0v) is 17.3. The number of methoxy groups -OCH3 is 1. The highest BCUT2D eigenvalue weighted by Gasteiger charge is 2.50. The normalized spacial score (nSPS) is 20.6. The molecule has 0 radical (unpaired) electrons. The summed E-state index contributed by atoms with van der Waals surface area (Å²) in [4.78, 5) is 39.7. The van der Waals surface area contributed by atoms with Crippen LogP contribution in [-0.2, 0) is 28.3 Å². The van der Waals surface area contributed by atoms with Crippen LogP contribution in [0.2, 0.25) is 0 Å². The summed E-state index contributed by atoms with van der Waals surface area (Å²) in [6.45, 7) is 0.0542. The van der Waals surface area contributed by atoms with Gasteiger partial charge in [-0.25, -0.2) is 0 Å². The predicted octanol–water partition coefficient (Wildman–Crippen LogP) is 1.03. The summed E-state index contributed by atoms with van der Waals surface area (Å²) in [5.41, 5.74) is 1.13. The maximum absolute atomic E-state index is 13.1. The number of carbonyl (C=O) groups is 3. The fraction of sp³-hybridized carbons (Fsp3) is 0.261. The van der Waals surface area contributed by atoms with Gasteiger partial charge in [0.05, 0.1) is 26.8 Å². The molecular weight excluding hydrogens is 414 g/mol. The summed E-state index contributed by atoms with van der Waals surface area (Å²) in [6.07, 6.45) is 0. The zero-order chi connectivity index (χ0) is 22.5. The molecule has 1 atom stereocenters. The second-order valence-electron chi connectivity index (χ2n) is 7.96. The van der Waals surface area contributed by atoms with Gasteiger partial charge in [0.25, 0.3) is 11.8 Å². The third-order valence-corrected chi connectivity index (χ3v) is 6.00. The van der Waals surface area contributed by atoms with Crippen molar-refractivity contribution in [3.63, 3.8) is 0 Å². The number of rotatable bonds is 5. The van der Waals surface area contributed by atoms with E-state index in [-0.39, 0.29) is 31.4 Å². The van der Waals surface area contributed by atoms with Gasteiger partial charge >= 0.3 is 0 Å². The topological polar surface area (TPSA) is 121 Å². The zero-order valence-electron chi connectivity index (χ0n) is 17.3. The van der Waals surface area contributed by atoms with Crippen molar-refractivity contribution in [2.75, 3.05) is 20.2 Å². The molecule has 0 aliphatic carbocycles. The molecule has 0 spiro atoms. The van der Waals surface area contributed by atoms with Crippen molar-refractivity contribution in [3.05, 3.63) is 64.9 Å². The van der Waals surface area contributed by atoms with Crippen molar-refractivity contribution in [2.24, 2.45) is 0 Å². The molecule has 3 amide bonds. The lowest BCUT2D eigenvalue weighted by atomic mass is 9.91. The second kappa shape index (κ2) is 7.47. The van der Waals surface area contributed by atoms with Crippen molar-refractivity contribution in [2.45, 2.75) is 18.7 Å². The van der Waals surface area contributed by atoms with Crippen molar-refractivity contribution in [3.8, 4) is 5.75 Å². The molecule has 3 N–H and O–H groups in total. The first kappa shape index (κ1) is 20.2. The minimum absolute atomic E-state index is 0.0331. The number of nitrogens with one attached hydrogen (secondary N) is 2. The highest BCUT2D eigenvalue weighted by molar-refractivity contribution is 6.05. The lowest BCUT2D eigenvalue weighted by Gasteiger charge is -2.37. The third kappa shape index (κ3) is 3.14. The Morgan fingerprint density at radius 2 is 2.00 bits per heavy atom. The number of imide groups is 1. The van der Waals surface area contributed by atoms with Crippen LogP contribution in [0.1, 0.15) is 27.2 Å². The maximum atomic E-state index is 13.1. The number of hydrogen-bond acceptors (Lipinski definition) is 7. The van der Waals surface area contributed by atoms with E-state index in [2.05, 4.69) is 10.6 Å². The number of amides is 3. The van der Waals surface area contributed by atoms with Crippen LogP contribution in [0.25, 0.3) is 11.0 Å². The van der Waals surface area contributed by atoms with Gasteiger partial charge in [0.15, 0.2) is 5.54 Å². The van der Waals surface area contributed by atoms with Gasteiger partial charge in [-0.2, -0.15) is 0 Å². The Labute approximate surface area is 182 Å². The Morgan fingerprint density at radius 3 is 2.75 bits per heavy atom. The van der Waals surface area contributed by atoms with Crippen LogP contribution in [0, 0.1) is 0 Å². The number of ether oxygens (including phenoxy) is 1. The number of piperazine rings is 1. The van der Waals surface area contributed by atoms with E-state index < -0.39 is 17.4 Å². The van der Waals surface area contributed by atoms with E-state index in [0.29, 0.717) is 34.4 Å². The Morgan fingerprint density at radius 1 is 1.16 bits per heavy atom. The second-order valence-corrected chi connectivity index (χ2v) is 7.96. The molecule has 164 valence electrons. The van der Waals surface area contributed by atoms with E-state index in [9.17, 15) is 19.5 Å². The number of hydrogen-bond donors (Lipinski definition) is 3. The van der Waals surface area contributed by atoms with Crippen molar-refractivity contribution in [1.29, 1.82) is 0 Å². The molecule has 9 nitrogen and oxygen atoms in total. The molecule has 2 aliphatic rings. The molecule has 1 aromatic heterocycles. The Hall–Kier alpha value is -3.69. The van der Waals surface area contributed by atoms with Gasteiger partial charge in [-0.15, -0.1) is 0 Å². The third-order valence-electron chi connectivity index (χ3n) is 6.00. The van der Waals surface area contributed by atoms with E-state index in [1.807, 2.05) is 6.07 Å². The standard InChI is InChI=1S/C23H21N3O6/c1-31-16-4-3-14-10-26(21(29)17(14)8-16)12-23(22(30)25-20(28)9-24-23)19-7-15-6-13(11-27)2-5-18(15)32-19/h2-8,24,27H,9-12H2,1H3,(H,25,28,30)/t23-/m0/s1. The minimum atomic E-state index is -1.45. The van der Waals surface area contributed by atoms with E-state index >= 15 is 0 Å². The maximum Gasteiger partial charge on any atom is 0.256 e. The molecule has 1 saturated heterocycles. The quantitative estimate of drug-likeness (QED) is 0.512. The fourth-order valence-corrected chi connectivity index (χ4v) is 4.28. The Kier molecular flexibility index (Phi) is 4.72. The number of nitrogens with zero attached hydrogens (tertiary/aromatic N) is 1. The van der Waals surface area contributed by atoms with Crippen molar-refractivity contribution >= 4 is 28.7 Å². The molecular formula is C23H21N3O6. The van der Waals surface area contributed by atoms with Gasteiger partial charge in [0.1, 0.15) is 17.1 Å². The van der Waals surface area contributed by atoms with E-state index in [1.54, 1.807) is 41.3 Å². The molecule has 3 aromatic rings. The fourth-order valence-electron chi connectivity index (χ4n) is 4.28. The summed E-state index contributed by atoms with van der Waals surface area (Å²) in [7, 11) is 1.53. The SMILES string of the molecule is COc1ccc2c(c1)C(=O)N(C[C@@]1(c3cc4cc(CO)ccc4o3)NCC(=O)NC1=O)C2. The molecule has 2 aromatic carbocycles. The molecule has 0 saturated carbocycles. The Bertz CT molecular complexity index is 1270. The number of aliphatic hydroxyl groups excluding tert-OH is 1. The van der Waals surface area contributed by atoms with Crippen LogP contribution >= 0.6 is 0 Å². The van der Waals surface area contributed by atoms with Crippen molar-refractivity contribution in [1.82, 2.24) is 15.5 Å². The van der Waals surface area contributed by atoms with Gasteiger partial charge in [-0.05, 0) is 41.5 Å². The van der Waals surface area contributed by atoms with Crippen LogP contribution in [0.15, 0.2) is 46.9 Å². The summed E-state index contributed by atoms with van der Waals surface area (Å²) in [5.74, 6) is -0.413. The van der Waals surface area contributed by atoms with E-state index in [4.69, 9.17) is 9.15 Å². The molecule has 2 aliphatic heterocycles. The van der Waals surface area contributed by atoms with Crippen LogP contribution in [0.3, 0.4) is 0 Å². The summed E-state index contributed by atoms with van der Waals surface area (Å²) >= 11 is 0. The summed E-state index contributed by atoms with van der Waals surface area (Å²) in [5, 5.41) is 15.5. The van der Waals surface area contributed by atoms with Gasteiger partial charge in [0.2, 0.25) is 5.91 Å². The molecule has 5 rings (SSSR count). The lowest BCUT2D eigenvalue weighted by Crippen LogP contribution is -2.66. The molecule has 9 heteroatoms. The number of benzene rings is 2. The Balaban J connectivity index is 1.54. The summed E-state index contributed by atoms with van der Waals surface area (Å²) < 4.78 is 11.2. The monoisotopic (exact) mass is 435 g/mol. The van der Waals surface area contributed by atoms with Gasteiger partial charge < -0.3 is 19.2 Å². The number of aliphatic hydroxyl groups is 1. The number of carbonyl (C=O) groups excluding carboxylic acids is 3. The lowest BCUT2D eigenvalue weighted by molar-refractivity contribution is -0.139. The minimum Gasteiger partial charge on any atom is -0.497 e. The van der Waals surface area contributed by atoms with Gasteiger partial charge in [-0.1, -0.05) is 12.1 Å². The molecule has 3 heterocycles. The molecule has 32 heavy (non-hydrogen) atoms. The molecule has 0 bridgehead atoms. The first-order valence-electron chi connectivity index (χ1n) is 10.1. The average molecular weight is 435 g/mol. The number of furan rings is 1. The van der Waals surface area contributed by atoms with E-state index in [0.717, 1.165) is 5.56 Å². The van der Waals surface area contributed by atoms with E-state index in [1.165, 1.54) is 7.11 Å². The highest BCUT2D eigenvalue weighted by Crippen LogP contribution is 2.34. The average Bonchev–Trinajstić information content (AvgIpc) is 3.36. The van der Waals surface area contributed by atoms with Crippen LogP contribution < -0.4 is 15.4 Å². The summed E-state index contributed by atoms with van der Waals surface area (Å²) in [6, 6.07) is 12.2. The first-order valence-corrected chi connectivity index (χ1v) is 10.1. The highest BCUT2D eigenvalue weighted by atomic mass is 16.5. The molecule has 0 unspecified atom stereocenters. The van der Waals surface area contributed by atoms with Crippen LogP contribution in [0.4, 0.5) is 0 Å². The largest absolute Gasteiger partial charge is 0.497 e.